The number of methoxy groups -OCH3 is 1. The van der Waals surface area contributed by atoms with Crippen molar-refractivity contribution in [3.63, 3.8) is 0 Å². The molecule has 0 bridgehead atoms. The predicted octanol–water partition coefficient (Wildman–Crippen LogP) is 3.60. The first-order valence-corrected chi connectivity index (χ1v) is 5.33. The first-order chi connectivity index (χ1) is 7.79. The fourth-order valence-electron chi connectivity index (χ4n) is 1.15. The fourth-order valence-corrected chi connectivity index (χ4v) is 1.50. The van der Waals surface area contributed by atoms with Gasteiger partial charge in [0.1, 0.15) is 11.4 Å². The number of imidazole rings is 1. The average Bonchev–Trinajstić information content (AvgIpc) is 2.79. The number of H-pyrrole nitrogens is 1. The molecular formula is C10H9BrN4O. The van der Waals surface area contributed by atoms with Gasteiger partial charge >= 0.3 is 0 Å². The quantitative estimate of drug-likeness (QED) is 0.874. The molecule has 0 unspecified atom stereocenters. The molecule has 0 amide bonds. The normalized spacial score (nSPS) is 10.9. The minimum Gasteiger partial charge on any atom is -0.494 e. The van der Waals surface area contributed by atoms with Gasteiger partial charge in [-0.15, -0.1) is 10.2 Å². The highest BCUT2D eigenvalue weighted by Crippen LogP contribution is 2.31. The summed E-state index contributed by atoms with van der Waals surface area (Å²) in [6.07, 6.45) is 3.30. The van der Waals surface area contributed by atoms with Gasteiger partial charge in [-0.1, -0.05) is 15.9 Å². The van der Waals surface area contributed by atoms with Gasteiger partial charge in [-0.3, -0.25) is 0 Å². The largest absolute Gasteiger partial charge is 0.494 e. The maximum atomic E-state index is 5.17. The Bertz CT molecular complexity index is 496. The lowest BCUT2D eigenvalue weighted by molar-refractivity contribution is 0.416. The van der Waals surface area contributed by atoms with Gasteiger partial charge in [0.05, 0.1) is 7.11 Å². The number of aromatic nitrogens is 2. The van der Waals surface area contributed by atoms with Gasteiger partial charge in [0.2, 0.25) is 5.95 Å². The van der Waals surface area contributed by atoms with Crippen molar-refractivity contribution in [3.05, 3.63) is 35.1 Å². The van der Waals surface area contributed by atoms with Crippen LogP contribution < -0.4 is 4.74 Å². The fraction of sp³-hybridized carbons (Fsp3) is 0.100. The Morgan fingerprint density at radius 1 is 1.38 bits per heavy atom. The summed E-state index contributed by atoms with van der Waals surface area (Å²) in [6.45, 7) is 0. The summed E-state index contributed by atoms with van der Waals surface area (Å²) in [6, 6.07) is 5.52. The Kier molecular flexibility index (Phi) is 3.31. The number of halogens is 1. The number of nitrogens with zero attached hydrogens (tertiary/aromatic N) is 3. The van der Waals surface area contributed by atoms with Crippen LogP contribution in [0, 0.1) is 0 Å². The van der Waals surface area contributed by atoms with E-state index in [9.17, 15) is 0 Å². The van der Waals surface area contributed by atoms with E-state index in [0.717, 1.165) is 4.47 Å². The van der Waals surface area contributed by atoms with Crippen molar-refractivity contribution in [3.8, 4) is 5.75 Å². The molecule has 0 spiro atoms. The van der Waals surface area contributed by atoms with E-state index in [2.05, 4.69) is 36.1 Å². The molecule has 82 valence electrons. The van der Waals surface area contributed by atoms with Crippen LogP contribution in [-0.4, -0.2) is 17.1 Å². The number of azo groups is 1. The van der Waals surface area contributed by atoms with Gasteiger partial charge in [-0.2, -0.15) is 0 Å². The summed E-state index contributed by atoms with van der Waals surface area (Å²) in [7, 11) is 1.59. The minimum atomic E-state index is 0.460. The van der Waals surface area contributed by atoms with Crippen molar-refractivity contribution in [1.82, 2.24) is 9.97 Å². The zero-order valence-corrected chi connectivity index (χ0v) is 10.1. The van der Waals surface area contributed by atoms with Crippen LogP contribution in [0.1, 0.15) is 0 Å². The average molecular weight is 281 g/mol. The molecule has 6 heteroatoms. The number of ether oxygens (including phenoxy) is 1. The van der Waals surface area contributed by atoms with Gasteiger partial charge < -0.3 is 9.72 Å². The van der Waals surface area contributed by atoms with E-state index in [1.54, 1.807) is 19.5 Å². The van der Waals surface area contributed by atoms with E-state index in [0.29, 0.717) is 17.4 Å². The predicted molar refractivity (Wildman–Crippen MR) is 63.5 cm³/mol. The van der Waals surface area contributed by atoms with Gasteiger partial charge in [0.15, 0.2) is 0 Å². The van der Waals surface area contributed by atoms with Crippen molar-refractivity contribution >= 4 is 27.6 Å². The van der Waals surface area contributed by atoms with Crippen LogP contribution in [-0.2, 0) is 0 Å². The van der Waals surface area contributed by atoms with Gasteiger partial charge in [-0.25, -0.2) is 4.98 Å². The number of hydrogen-bond acceptors (Lipinski definition) is 4. The minimum absolute atomic E-state index is 0.460. The summed E-state index contributed by atoms with van der Waals surface area (Å²) in [5.74, 6) is 1.13. The molecule has 1 heterocycles. The van der Waals surface area contributed by atoms with Crippen molar-refractivity contribution in [1.29, 1.82) is 0 Å². The monoisotopic (exact) mass is 280 g/mol. The van der Waals surface area contributed by atoms with Crippen LogP contribution in [0.3, 0.4) is 0 Å². The standard InChI is InChI=1S/C10H9BrN4O/c1-16-9-3-2-7(11)6-8(9)14-15-10-12-4-5-13-10/h2-6H,1H3,(H,12,13). The van der Waals surface area contributed by atoms with E-state index >= 15 is 0 Å². The molecule has 0 aliphatic carbocycles. The van der Waals surface area contributed by atoms with Crippen LogP contribution in [0.15, 0.2) is 45.3 Å². The van der Waals surface area contributed by atoms with Crippen molar-refractivity contribution in [2.75, 3.05) is 7.11 Å². The Morgan fingerprint density at radius 3 is 2.94 bits per heavy atom. The van der Waals surface area contributed by atoms with Crippen LogP contribution in [0.5, 0.6) is 5.75 Å². The van der Waals surface area contributed by atoms with E-state index < -0.39 is 0 Å². The molecule has 0 saturated heterocycles. The maximum absolute atomic E-state index is 5.17. The molecule has 2 rings (SSSR count). The van der Waals surface area contributed by atoms with Crippen LogP contribution in [0.4, 0.5) is 11.6 Å². The molecule has 0 aliphatic rings. The molecule has 16 heavy (non-hydrogen) atoms. The first kappa shape index (κ1) is 10.8. The molecule has 0 aliphatic heterocycles. The Hall–Kier alpha value is -1.69. The summed E-state index contributed by atoms with van der Waals surface area (Å²) >= 11 is 3.36. The lowest BCUT2D eigenvalue weighted by Gasteiger charge is -2.02. The van der Waals surface area contributed by atoms with Crippen molar-refractivity contribution in [2.45, 2.75) is 0 Å². The van der Waals surface area contributed by atoms with Crippen LogP contribution in [0.25, 0.3) is 0 Å². The molecule has 0 atom stereocenters. The SMILES string of the molecule is COc1ccc(Br)cc1N=Nc1ncc[nH]1. The molecule has 1 N–H and O–H groups in total. The Morgan fingerprint density at radius 2 is 2.25 bits per heavy atom. The van der Waals surface area contributed by atoms with E-state index in [-0.39, 0.29) is 0 Å². The molecule has 0 fully saturated rings. The topological polar surface area (TPSA) is 62.6 Å². The molecule has 1 aromatic carbocycles. The second kappa shape index (κ2) is 4.89. The Balaban J connectivity index is 2.29. The number of rotatable bonds is 3. The first-order valence-electron chi connectivity index (χ1n) is 4.54. The second-order valence-electron chi connectivity index (χ2n) is 2.93. The maximum Gasteiger partial charge on any atom is 0.246 e. The zero-order valence-electron chi connectivity index (χ0n) is 8.51. The molecule has 1 aromatic heterocycles. The highest BCUT2D eigenvalue weighted by atomic mass is 79.9. The lowest BCUT2D eigenvalue weighted by atomic mass is 10.3. The summed E-state index contributed by atoms with van der Waals surface area (Å²) in [5.41, 5.74) is 0.647. The van der Waals surface area contributed by atoms with Crippen LogP contribution >= 0.6 is 15.9 Å². The molecule has 5 nitrogen and oxygen atoms in total. The summed E-state index contributed by atoms with van der Waals surface area (Å²) in [5, 5.41) is 8.00. The second-order valence-corrected chi connectivity index (χ2v) is 3.84. The zero-order chi connectivity index (χ0) is 11.4. The molecule has 0 saturated carbocycles. The molecular weight excluding hydrogens is 272 g/mol. The van der Waals surface area contributed by atoms with Crippen LogP contribution in [0.2, 0.25) is 0 Å². The van der Waals surface area contributed by atoms with Crippen molar-refractivity contribution in [2.24, 2.45) is 10.2 Å². The number of nitrogens with one attached hydrogen (secondary N) is 1. The number of benzene rings is 1. The number of aromatic amines is 1. The third-order valence-electron chi connectivity index (χ3n) is 1.88. The summed E-state index contributed by atoms with van der Waals surface area (Å²) in [4.78, 5) is 6.78. The summed E-state index contributed by atoms with van der Waals surface area (Å²) < 4.78 is 6.08. The molecule has 0 radical (unpaired) electrons. The Labute approximate surface area is 101 Å². The number of hydrogen-bond donors (Lipinski definition) is 1. The van der Waals surface area contributed by atoms with Gasteiger partial charge in [0.25, 0.3) is 0 Å². The lowest BCUT2D eigenvalue weighted by Crippen LogP contribution is -1.82. The van der Waals surface area contributed by atoms with E-state index in [1.165, 1.54) is 0 Å². The third kappa shape index (κ3) is 2.46. The highest BCUT2D eigenvalue weighted by Gasteiger charge is 2.02. The van der Waals surface area contributed by atoms with Gasteiger partial charge in [0, 0.05) is 16.9 Å². The van der Waals surface area contributed by atoms with Gasteiger partial charge in [-0.05, 0) is 18.2 Å². The molecule has 2 aromatic rings. The van der Waals surface area contributed by atoms with E-state index in [4.69, 9.17) is 4.74 Å². The van der Waals surface area contributed by atoms with Crippen molar-refractivity contribution < 1.29 is 4.74 Å². The smallest absolute Gasteiger partial charge is 0.246 e. The van der Waals surface area contributed by atoms with E-state index in [1.807, 2.05) is 18.2 Å². The highest BCUT2D eigenvalue weighted by molar-refractivity contribution is 9.10. The third-order valence-corrected chi connectivity index (χ3v) is 2.37.